The van der Waals surface area contributed by atoms with Crippen molar-refractivity contribution in [3.8, 4) is 5.75 Å². The van der Waals surface area contributed by atoms with Crippen LogP contribution in [0.1, 0.15) is 30.2 Å². The second kappa shape index (κ2) is 6.16. The highest BCUT2D eigenvalue weighted by Gasteiger charge is 2.15. The second-order valence-electron chi connectivity index (χ2n) is 3.78. The lowest BCUT2D eigenvalue weighted by Crippen LogP contribution is -2.06. The first-order chi connectivity index (χ1) is 8.72. The normalized spacial score (nSPS) is 12.4. The molecule has 0 amide bonds. The molecule has 0 aliphatic heterocycles. The highest BCUT2D eigenvalue weighted by molar-refractivity contribution is 7.09. The van der Waals surface area contributed by atoms with E-state index in [1.54, 1.807) is 12.1 Å². The van der Waals surface area contributed by atoms with Crippen molar-refractivity contribution in [2.75, 3.05) is 0 Å². The maximum Gasteiger partial charge on any atom is 0.150 e. The number of ether oxygens (including phenoxy) is 1. The number of aromatic nitrogens is 1. The molecule has 2 aromatic rings. The lowest BCUT2D eigenvalue weighted by atomic mass is 10.2. The van der Waals surface area contributed by atoms with Crippen molar-refractivity contribution in [2.24, 2.45) is 0 Å². The minimum atomic E-state index is -0.269. The molecule has 2 nitrogen and oxygen atoms in total. The first-order valence-electron chi connectivity index (χ1n) is 5.65. The van der Waals surface area contributed by atoms with Crippen LogP contribution in [0.25, 0.3) is 0 Å². The molecule has 1 unspecified atom stereocenters. The van der Waals surface area contributed by atoms with Crippen LogP contribution in [-0.2, 0) is 5.88 Å². The first kappa shape index (κ1) is 13.3. The molecule has 0 fully saturated rings. The molecule has 0 saturated heterocycles. The number of rotatable bonds is 5. The average molecular weight is 286 g/mol. The van der Waals surface area contributed by atoms with E-state index in [0.717, 1.165) is 17.1 Å². The maximum absolute atomic E-state index is 12.8. The first-order valence-corrected chi connectivity index (χ1v) is 7.06. The van der Waals surface area contributed by atoms with Crippen molar-refractivity contribution in [1.29, 1.82) is 0 Å². The molecule has 1 aromatic heterocycles. The average Bonchev–Trinajstić information content (AvgIpc) is 2.87. The van der Waals surface area contributed by atoms with Crippen LogP contribution in [0.2, 0.25) is 0 Å². The highest BCUT2D eigenvalue weighted by atomic mass is 35.5. The van der Waals surface area contributed by atoms with Gasteiger partial charge in [-0.1, -0.05) is 6.92 Å². The summed E-state index contributed by atoms with van der Waals surface area (Å²) in [4.78, 5) is 4.40. The Balaban J connectivity index is 2.11. The summed E-state index contributed by atoms with van der Waals surface area (Å²) in [6.07, 6.45) is 0.685. The number of hydrogen-bond donors (Lipinski definition) is 0. The predicted octanol–water partition coefficient (Wildman–Crippen LogP) is 4.55. The van der Waals surface area contributed by atoms with Crippen LogP contribution < -0.4 is 4.74 Å². The monoisotopic (exact) mass is 285 g/mol. The zero-order valence-electron chi connectivity index (χ0n) is 9.90. The SMILES string of the molecule is CCC(Oc1ccc(F)cc1)c1nc(CCl)cs1. The van der Waals surface area contributed by atoms with Gasteiger partial charge in [0, 0.05) is 5.38 Å². The maximum atomic E-state index is 12.8. The Bertz CT molecular complexity index is 500. The minimum Gasteiger partial charge on any atom is -0.483 e. The Kier molecular flexibility index (Phi) is 4.55. The molecule has 1 heterocycles. The van der Waals surface area contributed by atoms with Crippen molar-refractivity contribution in [1.82, 2.24) is 4.98 Å². The fourth-order valence-electron chi connectivity index (χ4n) is 1.52. The molecular formula is C13H13ClFNOS. The standard InChI is InChI=1S/C13H13ClFNOS/c1-2-12(13-16-10(7-14)8-18-13)17-11-5-3-9(15)4-6-11/h3-6,8,12H,2,7H2,1H3. The van der Waals surface area contributed by atoms with Crippen LogP contribution in [0.4, 0.5) is 4.39 Å². The topological polar surface area (TPSA) is 22.1 Å². The van der Waals surface area contributed by atoms with E-state index in [1.165, 1.54) is 23.5 Å². The number of benzene rings is 1. The van der Waals surface area contributed by atoms with Gasteiger partial charge in [-0.25, -0.2) is 9.37 Å². The fourth-order valence-corrected chi connectivity index (χ4v) is 2.68. The predicted molar refractivity (Wildman–Crippen MR) is 71.7 cm³/mol. The van der Waals surface area contributed by atoms with Gasteiger partial charge in [0.05, 0.1) is 11.6 Å². The van der Waals surface area contributed by atoms with E-state index >= 15 is 0 Å². The van der Waals surface area contributed by atoms with Gasteiger partial charge in [-0.05, 0) is 30.7 Å². The van der Waals surface area contributed by atoms with Gasteiger partial charge in [-0.2, -0.15) is 0 Å². The van der Waals surface area contributed by atoms with Crippen LogP contribution in [-0.4, -0.2) is 4.98 Å². The molecule has 0 saturated carbocycles. The third-order valence-electron chi connectivity index (χ3n) is 2.44. The zero-order chi connectivity index (χ0) is 13.0. The molecule has 18 heavy (non-hydrogen) atoms. The van der Waals surface area contributed by atoms with E-state index < -0.39 is 0 Å². The Labute approximate surface area is 114 Å². The molecule has 0 radical (unpaired) electrons. The number of alkyl halides is 1. The van der Waals surface area contributed by atoms with E-state index in [1.807, 2.05) is 12.3 Å². The van der Waals surface area contributed by atoms with Gasteiger partial charge in [0.15, 0.2) is 0 Å². The van der Waals surface area contributed by atoms with Gasteiger partial charge in [0.2, 0.25) is 0 Å². The third-order valence-corrected chi connectivity index (χ3v) is 3.70. The fraction of sp³-hybridized carbons (Fsp3) is 0.308. The van der Waals surface area contributed by atoms with Crippen molar-refractivity contribution >= 4 is 22.9 Å². The zero-order valence-corrected chi connectivity index (χ0v) is 11.5. The molecule has 96 valence electrons. The summed E-state index contributed by atoms with van der Waals surface area (Å²) < 4.78 is 18.6. The second-order valence-corrected chi connectivity index (χ2v) is 4.94. The molecule has 0 bridgehead atoms. The van der Waals surface area contributed by atoms with Gasteiger partial charge < -0.3 is 4.74 Å². The number of nitrogens with zero attached hydrogens (tertiary/aromatic N) is 1. The van der Waals surface area contributed by atoms with E-state index in [2.05, 4.69) is 4.98 Å². The molecule has 0 N–H and O–H groups in total. The summed E-state index contributed by atoms with van der Waals surface area (Å²) in [5.74, 6) is 0.781. The smallest absolute Gasteiger partial charge is 0.150 e. The van der Waals surface area contributed by atoms with Gasteiger partial charge in [0.25, 0.3) is 0 Å². The largest absolute Gasteiger partial charge is 0.483 e. The third kappa shape index (κ3) is 3.21. The van der Waals surface area contributed by atoms with Gasteiger partial charge in [-0.15, -0.1) is 22.9 Å². The molecule has 1 aromatic carbocycles. The molecule has 5 heteroatoms. The van der Waals surface area contributed by atoms with Crippen LogP contribution in [0.15, 0.2) is 29.6 Å². The molecule has 0 aliphatic carbocycles. The molecule has 0 spiro atoms. The van der Waals surface area contributed by atoms with E-state index in [9.17, 15) is 4.39 Å². The minimum absolute atomic E-state index is 0.113. The van der Waals surface area contributed by atoms with Crippen LogP contribution >= 0.6 is 22.9 Å². The number of hydrogen-bond acceptors (Lipinski definition) is 3. The van der Waals surface area contributed by atoms with Gasteiger partial charge in [0.1, 0.15) is 22.7 Å². The summed E-state index contributed by atoms with van der Waals surface area (Å²) in [6, 6.07) is 6.00. The van der Waals surface area contributed by atoms with Gasteiger partial charge in [-0.3, -0.25) is 0 Å². The van der Waals surface area contributed by atoms with Crippen LogP contribution in [0.3, 0.4) is 0 Å². The summed E-state index contributed by atoms with van der Waals surface area (Å²) in [5.41, 5.74) is 0.859. The Morgan fingerprint density at radius 2 is 2.11 bits per heavy atom. The van der Waals surface area contributed by atoms with E-state index in [4.69, 9.17) is 16.3 Å². The summed E-state index contributed by atoms with van der Waals surface area (Å²) in [7, 11) is 0. The van der Waals surface area contributed by atoms with Crippen molar-refractivity contribution in [2.45, 2.75) is 25.3 Å². The van der Waals surface area contributed by atoms with Gasteiger partial charge >= 0.3 is 0 Å². The Morgan fingerprint density at radius 3 is 2.67 bits per heavy atom. The summed E-state index contributed by atoms with van der Waals surface area (Å²) in [5, 5.41) is 2.83. The lowest BCUT2D eigenvalue weighted by molar-refractivity contribution is 0.200. The quantitative estimate of drug-likeness (QED) is 0.752. The Hall–Kier alpha value is -1.13. The molecule has 2 rings (SSSR count). The lowest BCUT2D eigenvalue weighted by Gasteiger charge is -2.15. The van der Waals surface area contributed by atoms with E-state index in [0.29, 0.717) is 11.6 Å². The number of thiazole rings is 1. The van der Waals surface area contributed by atoms with Crippen LogP contribution in [0.5, 0.6) is 5.75 Å². The Morgan fingerprint density at radius 1 is 1.39 bits per heavy atom. The van der Waals surface area contributed by atoms with Crippen molar-refractivity contribution < 1.29 is 9.13 Å². The van der Waals surface area contributed by atoms with Crippen molar-refractivity contribution in [3.63, 3.8) is 0 Å². The molecule has 1 atom stereocenters. The number of halogens is 2. The molecule has 0 aliphatic rings. The van der Waals surface area contributed by atoms with Crippen molar-refractivity contribution in [3.05, 3.63) is 46.2 Å². The van der Waals surface area contributed by atoms with Crippen LogP contribution in [0, 0.1) is 5.82 Å². The van der Waals surface area contributed by atoms with E-state index in [-0.39, 0.29) is 11.9 Å². The molecular weight excluding hydrogens is 273 g/mol. The summed E-state index contributed by atoms with van der Waals surface area (Å²) in [6.45, 7) is 2.02. The highest BCUT2D eigenvalue weighted by Crippen LogP contribution is 2.27. The summed E-state index contributed by atoms with van der Waals surface area (Å²) >= 11 is 7.26.